The number of benzene rings is 2. The second-order valence-corrected chi connectivity index (χ2v) is 4.61. The van der Waals surface area contributed by atoms with Gasteiger partial charge in [0.25, 0.3) is 0 Å². The number of methoxy groups -OCH3 is 1. The molecule has 0 N–H and O–H groups in total. The van der Waals surface area contributed by atoms with E-state index in [4.69, 9.17) is 4.74 Å². The molecule has 0 saturated carbocycles. The molecule has 0 bridgehead atoms. The molecule has 2 heteroatoms. The van der Waals surface area contributed by atoms with Gasteiger partial charge in [0.2, 0.25) is 0 Å². The highest BCUT2D eigenvalue weighted by atomic mass is 16.5. The Bertz CT molecular complexity index is 679. The van der Waals surface area contributed by atoms with Gasteiger partial charge in [-0.15, -0.1) is 0 Å². The molecule has 0 atom stereocenters. The third kappa shape index (κ3) is 3.29. The molecule has 0 aliphatic heterocycles. The molecular weight excluding hydrogens is 260 g/mol. The fourth-order valence-electron chi connectivity index (χ4n) is 2.13. The zero-order valence-corrected chi connectivity index (χ0v) is 12.3. The Labute approximate surface area is 125 Å². The van der Waals surface area contributed by atoms with Crippen molar-refractivity contribution in [1.82, 2.24) is 0 Å². The number of ether oxygens (including phenoxy) is 1. The molecule has 2 rings (SSSR count). The van der Waals surface area contributed by atoms with Crippen LogP contribution in [0.1, 0.15) is 34.0 Å². The van der Waals surface area contributed by atoms with Crippen LogP contribution in [0, 0.1) is 0 Å². The molecule has 21 heavy (non-hydrogen) atoms. The van der Waals surface area contributed by atoms with Gasteiger partial charge in [0, 0.05) is 11.1 Å². The van der Waals surface area contributed by atoms with Gasteiger partial charge in [-0.3, -0.25) is 4.79 Å². The van der Waals surface area contributed by atoms with Gasteiger partial charge in [-0.25, -0.2) is 0 Å². The molecule has 0 spiro atoms. The molecule has 0 aromatic heterocycles. The van der Waals surface area contributed by atoms with Crippen LogP contribution in [0.5, 0.6) is 5.75 Å². The number of hydrogen-bond donors (Lipinski definition) is 0. The van der Waals surface area contributed by atoms with Crippen molar-refractivity contribution in [2.75, 3.05) is 7.11 Å². The Hall–Kier alpha value is -2.61. The van der Waals surface area contributed by atoms with E-state index in [1.165, 1.54) is 0 Å². The Kier molecular flexibility index (Phi) is 4.72. The molecule has 0 fully saturated rings. The maximum absolute atomic E-state index is 12.5. The smallest absolute Gasteiger partial charge is 0.193 e. The summed E-state index contributed by atoms with van der Waals surface area (Å²) in [4.78, 5) is 12.5. The molecule has 0 amide bonds. The summed E-state index contributed by atoms with van der Waals surface area (Å²) in [5.74, 6) is 0.731. The molecule has 2 nitrogen and oxygen atoms in total. The van der Waals surface area contributed by atoms with E-state index in [0.29, 0.717) is 11.1 Å². The van der Waals surface area contributed by atoms with E-state index in [9.17, 15) is 4.79 Å². The van der Waals surface area contributed by atoms with Crippen LogP contribution in [0.2, 0.25) is 0 Å². The molecule has 0 radical (unpaired) electrons. The summed E-state index contributed by atoms with van der Waals surface area (Å²) in [7, 11) is 1.60. The highest BCUT2D eigenvalue weighted by molar-refractivity contribution is 6.09. The quantitative estimate of drug-likeness (QED) is 0.747. The van der Waals surface area contributed by atoms with Crippen molar-refractivity contribution in [3.05, 3.63) is 77.4 Å². The third-order valence-electron chi connectivity index (χ3n) is 3.27. The van der Waals surface area contributed by atoms with E-state index in [0.717, 1.165) is 16.9 Å². The summed E-state index contributed by atoms with van der Waals surface area (Å²) in [6, 6.07) is 12.8. The van der Waals surface area contributed by atoms with Gasteiger partial charge in [-0.2, -0.15) is 0 Å². The van der Waals surface area contributed by atoms with E-state index < -0.39 is 0 Å². The average Bonchev–Trinajstić information content (AvgIpc) is 2.55. The fraction of sp³-hybridized carbons (Fsp3) is 0.105. The zero-order valence-electron chi connectivity index (χ0n) is 12.3. The SMILES string of the molecule is C=Cc1cc(C(=O)c2ccc(OC)cc2)ccc1/C=C\C. The Balaban J connectivity index is 2.36. The van der Waals surface area contributed by atoms with E-state index in [2.05, 4.69) is 6.58 Å². The first-order valence-electron chi connectivity index (χ1n) is 6.77. The summed E-state index contributed by atoms with van der Waals surface area (Å²) in [5.41, 5.74) is 3.30. The van der Waals surface area contributed by atoms with Crippen molar-refractivity contribution in [1.29, 1.82) is 0 Å². The van der Waals surface area contributed by atoms with E-state index in [-0.39, 0.29) is 5.78 Å². The van der Waals surface area contributed by atoms with Crippen LogP contribution in [0.3, 0.4) is 0 Å². The van der Waals surface area contributed by atoms with Gasteiger partial charge < -0.3 is 4.74 Å². The van der Waals surface area contributed by atoms with Gasteiger partial charge in [0.05, 0.1) is 7.11 Å². The molecule has 0 saturated heterocycles. The molecule has 106 valence electrons. The number of rotatable bonds is 5. The van der Waals surface area contributed by atoms with Gasteiger partial charge >= 0.3 is 0 Å². The van der Waals surface area contributed by atoms with Crippen molar-refractivity contribution in [2.45, 2.75) is 6.92 Å². The third-order valence-corrected chi connectivity index (χ3v) is 3.27. The molecular formula is C19H18O2. The van der Waals surface area contributed by atoms with Crippen LogP contribution in [0.15, 0.2) is 55.1 Å². The minimum Gasteiger partial charge on any atom is -0.497 e. The summed E-state index contributed by atoms with van der Waals surface area (Å²) in [5, 5.41) is 0. The van der Waals surface area contributed by atoms with Crippen LogP contribution in [0.25, 0.3) is 12.2 Å². The first-order valence-corrected chi connectivity index (χ1v) is 6.77. The largest absolute Gasteiger partial charge is 0.497 e. The molecule has 0 unspecified atom stereocenters. The minimum atomic E-state index is -0.00668. The van der Waals surface area contributed by atoms with Crippen molar-refractivity contribution in [2.24, 2.45) is 0 Å². The number of ketones is 1. The molecule has 0 heterocycles. The topological polar surface area (TPSA) is 26.3 Å². The normalized spacial score (nSPS) is 10.6. The standard InChI is InChI=1S/C19H18O2/c1-4-6-15-7-8-17(13-14(15)5-2)19(20)16-9-11-18(21-3)12-10-16/h4-13H,2H2,1,3H3/b6-4-. The predicted molar refractivity (Wildman–Crippen MR) is 87.7 cm³/mol. The van der Waals surface area contributed by atoms with Gasteiger partial charge in [0.15, 0.2) is 5.78 Å². The Morgan fingerprint density at radius 2 is 1.71 bits per heavy atom. The van der Waals surface area contributed by atoms with Crippen molar-refractivity contribution < 1.29 is 9.53 Å². The van der Waals surface area contributed by atoms with Crippen molar-refractivity contribution in [3.63, 3.8) is 0 Å². The van der Waals surface area contributed by atoms with Crippen LogP contribution in [0.4, 0.5) is 0 Å². The summed E-state index contributed by atoms with van der Waals surface area (Å²) in [6.45, 7) is 5.77. The van der Waals surface area contributed by atoms with E-state index >= 15 is 0 Å². The average molecular weight is 278 g/mol. The lowest BCUT2D eigenvalue weighted by Gasteiger charge is -2.06. The molecule has 0 aliphatic carbocycles. The van der Waals surface area contributed by atoms with E-state index in [1.807, 2.05) is 37.3 Å². The maximum Gasteiger partial charge on any atom is 0.193 e. The summed E-state index contributed by atoms with van der Waals surface area (Å²) in [6.07, 6.45) is 5.73. The second-order valence-electron chi connectivity index (χ2n) is 4.61. The highest BCUT2D eigenvalue weighted by Crippen LogP contribution is 2.19. The first kappa shape index (κ1) is 14.8. The molecule has 2 aromatic carbocycles. The van der Waals surface area contributed by atoms with Crippen LogP contribution in [-0.4, -0.2) is 12.9 Å². The van der Waals surface area contributed by atoms with Crippen LogP contribution < -0.4 is 4.74 Å². The zero-order chi connectivity index (χ0) is 15.2. The molecule has 0 aliphatic rings. The van der Waals surface area contributed by atoms with Gasteiger partial charge in [-0.05, 0) is 48.4 Å². The number of carbonyl (C=O) groups is 1. The van der Waals surface area contributed by atoms with Crippen molar-refractivity contribution >= 4 is 17.9 Å². The monoisotopic (exact) mass is 278 g/mol. The Morgan fingerprint density at radius 3 is 2.29 bits per heavy atom. The van der Waals surface area contributed by atoms with Crippen LogP contribution in [-0.2, 0) is 0 Å². The lowest BCUT2D eigenvalue weighted by atomic mass is 9.98. The number of carbonyl (C=O) groups excluding carboxylic acids is 1. The van der Waals surface area contributed by atoms with Crippen LogP contribution >= 0.6 is 0 Å². The second kappa shape index (κ2) is 6.71. The first-order chi connectivity index (χ1) is 10.2. The number of allylic oxidation sites excluding steroid dienone is 1. The number of hydrogen-bond acceptors (Lipinski definition) is 2. The fourth-order valence-corrected chi connectivity index (χ4v) is 2.13. The predicted octanol–water partition coefficient (Wildman–Crippen LogP) is 4.60. The van der Waals surface area contributed by atoms with Gasteiger partial charge in [-0.1, -0.05) is 36.9 Å². The summed E-state index contributed by atoms with van der Waals surface area (Å²) < 4.78 is 5.10. The summed E-state index contributed by atoms with van der Waals surface area (Å²) >= 11 is 0. The maximum atomic E-state index is 12.5. The minimum absolute atomic E-state index is 0.00668. The highest BCUT2D eigenvalue weighted by Gasteiger charge is 2.10. The lowest BCUT2D eigenvalue weighted by Crippen LogP contribution is -2.02. The van der Waals surface area contributed by atoms with E-state index in [1.54, 1.807) is 37.5 Å². The van der Waals surface area contributed by atoms with Crippen molar-refractivity contribution in [3.8, 4) is 5.75 Å². The lowest BCUT2D eigenvalue weighted by molar-refractivity contribution is 0.103. The molecule has 2 aromatic rings. The van der Waals surface area contributed by atoms with Gasteiger partial charge in [0.1, 0.15) is 5.75 Å². The Morgan fingerprint density at radius 1 is 1.05 bits per heavy atom.